The molecular weight excluding hydrogens is 339 g/mol. The minimum Gasteiger partial charge on any atom is -0.386 e. The molecule has 1 aromatic carbocycles. The van der Waals surface area contributed by atoms with Crippen LogP contribution in [0.4, 0.5) is 0 Å². The number of amidine groups is 1. The molecule has 23 heavy (non-hydrogen) atoms. The third-order valence-corrected chi connectivity index (χ3v) is 5.61. The van der Waals surface area contributed by atoms with Crippen LogP contribution in [0.25, 0.3) is 0 Å². The van der Waals surface area contributed by atoms with E-state index in [-0.39, 0.29) is 10.9 Å². The zero-order chi connectivity index (χ0) is 17.0. The Bertz CT molecular complexity index is 809. The lowest BCUT2D eigenvalue weighted by molar-refractivity contribution is -0.230. The van der Waals surface area contributed by atoms with E-state index in [0.717, 1.165) is 0 Å². The molecule has 3 rings (SSSR count). The molecule has 0 bridgehead atoms. The van der Waals surface area contributed by atoms with Crippen molar-refractivity contribution < 1.29 is 9.47 Å². The Kier molecular flexibility index (Phi) is 3.37. The predicted octanol–water partition coefficient (Wildman–Crippen LogP) is 2.43. The van der Waals surface area contributed by atoms with Gasteiger partial charge in [0, 0.05) is 20.1 Å². The summed E-state index contributed by atoms with van der Waals surface area (Å²) in [6, 6.07) is 9.32. The van der Waals surface area contributed by atoms with Crippen LogP contribution in [0.15, 0.2) is 23.2 Å². The standard InChI is InChI=1S/C15H12Cl2N4O2/c1-22-15(23-2)14(7-19)11(13(14,6-18)12(20)21-15)8-4-3-5-9(16)10(8)17/h3-5,11H,1-2H3,(H2,20,21)/t11-,13-,14+/m1/s1. The van der Waals surface area contributed by atoms with Gasteiger partial charge in [0.05, 0.1) is 22.2 Å². The van der Waals surface area contributed by atoms with Gasteiger partial charge in [-0.15, -0.1) is 0 Å². The molecule has 2 N–H and O–H groups in total. The third-order valence-electron chi connectivity index (χ3n) is 4.77. The van der Waals surface area contributed by atoms with Crippen molar-refractivity contribution >= 4 is 29.0 Å². The number of nitrogens with two attached hydrogens (primary N) is 1. The van der Waals surface area contributed by atoms with Crippen molar-refractivity contribution in [3.63, 3.8) is 0 Å². The average molecular weight is 351 g/mol. The molecule has 1 aliphatic heterocycles. The molecule has 1 fully saturated rings. The molecule has 0 saturated heterocycles. The predicted molar refractivity (Wildman–Crippen MR) is 83.7 cm³/mol. The van der Waals surface area contributed by atoms with Crippen LogP contribution in [0.3, 0.4) is 0 Å². The minimum absolute atomic E-state index is 0.00806. The quantitative estimate of drug-likeness (QED) is 0.842. The largest absolute Gasteiger partial charge is 0.386 e. The van der Waals surface area contributed by atoms with Gasteiger partial charge in [-0.1, -0.05) is 35.3 Å². The zero-order valence-electron chi connectivity index (χ0n) is 12.3. The van der Waals surface area contributed by atoms with E-state index in [4.69, 9.17) is 38.4 Å². The molecule has 0 unspecified atom stereocenters. The molecule has 1 heterocycles. The number of fused-ring (bicyclic) bond motifs is 1. The number of nitrogens with zero attached hydrogens (tertiary/aromatic N) is 3. The second kappa shape index (κ2) is 4.83. The first-order valence-corrected chi connectivity index (χ1v) is 7.40. The second-order valence-corrected chi connectivity index (χ2v) is 6.19. The number of aliphatic imine (C=N–C) groups is 1. The van der Waals surface area contributed by atoms with Crippen LogP contribution in [0.2, 0.25) is 10.0 Å². The summed E-state index contributed by atoms with van der Waals surface area (Å²) in [6.45, 7) is 0. The average Bonchev–Trinajstić information content (AvgIpc) is 3.12. The molecule has 0 aromatic heterocycles. The first-order chi connectivity index (χ1) is 10.9. The molecular formula is C15H12Cl2N4O2. The summed E-state index contributed by atoms with van der Waals surface area (Å²) in [5.74, 6) is -2.34. The maximum Gasteiger partial charge on any atom is 0.292 e. The third kappa shape index (κ3) is 1.48. The molecule has 1 aliphatic carbocycles. The van der Waals surface area contributed by atoms with Crippen LogP contribution in [-0.2, 0) is 9.47 Å². The van der Waals surface area contributed by atoms with Crippen molar-refractivity contribution in [3.05, 3.63) is 33.8 Å². The van der Waals surface area contributed by atoms with Gasteiger partial charge in [-0.25, -0.2) is 4.99 Å². The van der Waals surface area contributed by atoms with Crippen LogP contribution < -0.4 is 5.73 Å². The van der Waals surface area contributed by atoms with Gasteiger partial charge in [0.1, 0.15) is 11.3 Å². The maximum atomic E-state index is 9.90. The van der Waals surface area contributed by atoms with Crippen LogP contribution in [0.1, 0.15) is 11.5 Å². The number of nitriles is 2. The number of benzene rings is 1. The monoisotopic (exact) mass is 350 g/mol. The van der Waals surface area contributed by atoms with E-state index >= 15 is 0 Å². The molecule has 0 spiro atoms. The summed E-state index contributed by atoms with van der Waals surface area (Å²) in [6.07, 6.45) is 0. The van der Waals surface area contributed by atoms with Crippen LogP contribution in [0.5, 0.6) is 0 Å². The number of hydrogen-bond donors (Lipinski definition) is 1. The summed E-state index contributed by atoms with van der Waals surface area (Å²) in [4.78, 5) is 4.13. The highest BCUT2D eigenvalue weighted by molar-refractivity contribution is 6.42. The SMILES string of the molecule is COC1(OC)N=C(N)[C@@]2(C#N)[C@@H](c3cccc(Cl)c3Cl)[C@]12C#N. The second-order valence-electron chi connectivity index (χ2n) is 5.40. The molecule has 0 radical (unpaired) electrons. The first kappa shape index (κ1) is 16.0. The molecule has 3 atom stereocenters. The summed E-state index contributed by atoms with van der Waals surface area (Å²) in [5, 5.41) is 20.3. The number of halogens is 2. The Morgan fingerprint density at radius 1 is 1.22 bits per heavy atom. The van der Waals surface area contributed by atoms with Gasteiger partial charge in [0.25, 0.3) is 5.91 Å². The van der Waals surface area contributed by atoms with Gasteiger partial charge in [-0.2, -0.15) is 10.5 Å². The van der Waals surface area contributed by atoms with E-state index in [2.05, 4.69) is 17.1 Å². The molecule has 0 amide bonds. The fraction of sp³-hybridized carbons (Fsp3) is 0.400. The lowest BCUT2D eigenvalue weighted by Gasteiger charge is -2.29. The highest BCUT2D eigenvalue weighted by Crippen LogP contribution is 2.82. The number of methoxy groups -OCH3 is 2. The van der Waals surface area contributed by atoms with Gasteiger partial charge in [-0.3, -0.25) is 0 Å². The van der Waals surface area contributed by atoms with Gasteiger partial charge >= 0.3 is 0 Å². The molecule has 118 valence electrons. The smallest absolute Gasteiger partial charge is 0.292 e. The highest BCUT2D eigenvalue weighted by atomic mass is 35.5. The fourth-order valence-electron chi connectivity index (χ4n) is 3.73. The van der Waals surface area contributed by atoms with Crippen molar-refractivity contribution in [2.75, 3.05) is 14.2 Å². The molecule has 1 aromatic rings. The zero-order valence-corrected chi connectivity index (χ0v) is 13.8. The van der Waals surface area contributed by atoms with Crippen LogP contribution in [-0.4, -0.2) is 26.0 Å². The van der Waals surface area contributed by atoms with E-state index < -0.39 is 22.7 Å². The van der Waals surface area contributed by atoms with E-state index in [1.165, 1.54) is 14.2 Å². The number of rotatable bonds is 3. The van der Waals surface area contributed by atoms with E-state index in [1.807, 2.05) is 0 Å². The lowest BCUT2D eigenvalue weighted by Crippen LogP contribution is -2.41. The van der Waals surface area contributed by atoms with Crippen LogP contribution >= 0.6 is 23.2 Å². The van der Waals surface area contributed by atoms with Gasteiger partial charge in [0.2, 0.25) is 0 Å². The fourth-order valence-corrected chi connectivity index (χ4v) is 4.15. The van der Waals surface area contributed by atoms with E-state index in [1.54, 1.807) is 18.2 Å². The summed E-state index contributed by atoms with van der Waals surface area (Å²) in [7, 11) is 2.70. The Balaban J connectivity index is 2.30. The minimum atomic E-state index is -1.67. The normalized spacial score (nSPS) is 33.3. The lowest BCUT2D eigenvalue weighted by atomic mass is 9.93. The summed E-state index contributed by atoms with van der Waals surface area (Å²) >= 11 is 12.4. The van der Waals surface area contributed by atoms with Gasteiger partial charge < -0.3 is 15.2 Å². The Hall–Kier alpha value is -1.83. The topological polar surface area (TPSA) is 104 Å². The van der Waals surface area contributed by atoms with E-state index in [0.29, 0.717) is 10.6 Å². The summed E-state index contributed by atoms with van der Waals surface area (Å²) in [5.41, 5.74) is 3.74. The van der Waals surface area contributed by atoms with E-state index in [9.17, 15) is 10.5 Å². The van der Waals surface area contributed by atoms with Gasteiger partial charge in [-0.05, 0) is 11.6 Å². The Labute approximate surface area is 143 Å². The van der Waals surface area contributed by atoms with Crippen molar-refractivity contribution in [1.82, 2.24) is 0 Å². The summed E-state index contributed by atoms with van der Waals surface area (Å²) < 4.78 is 10.8. The van der Waals surface area contributed by atoms with Crippen molar-refractivity contribution in [2.45, 2.75) is 11.8 Å². The molecule has 1 saturated carbocycles. The molecule has 8 heteroatoms. The Morgan fingerprint density at radius 3 is 2.39 bits per heavy atom. The maximum absolute atomic E-state index is 9.90. The van der Waals surface area contributed by atoms with Crippen molar-refractivity contribution in [2.24, 2.45) is 21.6 Å². The highest BCUT2D eigenvalue weighted by Gasteiger charge is 2.93. The first-order valence-electron chi connectivity index (χ1n) is 6.65. The number of ether oxygens (including phenoxy) is 2. The van der Waals surface area contributed by atoms with Crippen molar-refractivity contribution in [1.29, 1.82) is 10.5 Å². The molecule has 6 nitrogen and oxygen atoms in total. The number of hydrogen-bond acceptors (Lipinski definition) is 6. The van der Waals surface area contributed by atoms with Crippen molar-refractivity contribution in [3.8, 4) is 12.1 Å². The Morgan fingerprint density at radius 2 is 1.87 bits per heavy atom. The van der Waals surface area contributed by atoms with Gasteiger partial charge in [0.15, 0.2) is 5.41 Å². The molecule has 2 aliphatic rings. The van der Waals surface area contributed by atoms with Crippen LogP contribution in [0, 0.1) is 33.5 Å².